The Labute approximate surface area is 224 Å². The first-order valence-corrected chi connectivity index (χ1v) is 15.1. The van der Waals surface area contributed by atoms with Crippen molar-refractivity contribution in [1.29, 1.82) is 0 Å². The van der Waals surface area contributed by atoms with Crippen LogP contribution >= 0.6 is 21.6 Å². The predicted molar refractivity (Wildman–Crippen MR) is 153 cm³/mol. The molecule has 0 bridgehead atoms. The second kappa shape index (κ2) is 15.1. The van der Waals surface area contributed by atoms with Crippen LogP contribution in [0.2, 0.25) is 0 Å². The Kier molecular flexibility index (Phi) is 14.9. The number of carbonyl (C=O) groups is 2. The molecule has 6 nitrogen and oxygen atoms in total. The average molecular weight is 535 g/mol. The van der Waals surface area contributed by atoms with Gasteiger partial charge in [-0.3, -0.25) is 9.59 Å². The Morgan fingerprint density at radius 3 is 1.49 bits per heavy atom. The second-order valence-electron chi connectivity index (χ2n) is 12.5. The van der Waals surface area contributed by atoms with E-state index in [0.29, 0.717) is 32.5 Å². The van der Waals surface area contributed by atoms with Crippen molar-refractivity contribution in [3.63, 3.8) is 0 Å². The number of hydrogen-bond acceptors (Lipinski definition) is 6. The first kappa shape index (κ1) is 34.6. The molecule has 0 aromatic heterocycles. The van der Waals surface area contributed by atoms with E-state index in [-0.39, 0.29) is 39.0 Å². The third-order valence-corrected chi connectivity index (χ3v) is 9.68. The van der Waals surface area contributed by atoms with Crippen LogP contribution in [0.5, 0.6) is 0 Å². The molecule has 0 spiro atoms. The fourth-order valence-electron chi connectivity index (χ4n) is 3.15. The summed E-state index contributed by atoms with van der Waals surface area (Å²) < 4.78 is 12.3. The van der Waals surface area contributed by atoms with Gasteiger partial charge < -0.3 is 20.1 Å². The molecule has 0 saturated carbocycles. The van der Waals surface area contributed by atoms with Crippen LogP contribution in [0.3, 0.4) is 0 Å². The highest BCUT2D eigenvalue weighted by Crippen LogP contribution is 2.46. The third-order valence-electron chi connectivity index (χ3n) is 5.33. The standard InChI is InChI=1S/C27H54N2O4S2/c1-20(2)28-22(30)13-14-24(5,6)32-17-15-26(9,10)34-35-27(11,12)16-18-33-25(7,8)19-23(31)29-21(3)4/h20-21H,13-19H2,1-12H3,(H,28,30)(H,29,31). The number of rotatable bonds is 18. The molecule has 0 aromatic carbocycles. The van der Waals surface area contributed by atoms with E-state index < -0.39 is 5.60 Å². The molecule has 0 fully saturated rings. The highest BCUT2D eigenvalue weighted by atomic mass is 33.1. The van der Waals surface area contributed by atoms with Crippen molar-refractivity contribution in [1.82, 2.24) is 10.6 Å². The van der Waals surface area contributed by atoms with Crippen LogP contribution < -0.4 is 10.6 Å². The molecule has 2 amide bonds. The molecule has 0 aliphatic rings. The molecular weight excluding hydrogens is 480 g/mol. The third kappa shape index (κ3) is 19.4. The highest BCUT2D eigenvalue weighted by Gasteiger charge is 2.29. The SMILES string of the molecule is CC(C)NC(=O)CCC(C)(C)OCCC(C)(C)SSC(C)(C)CCOC(C)(C)CC(=O)NC(C)C. The quantitative estimate of drug-likeness (QED) is 0.195. The highest BCUT2D eigenvalue weighted by molar-refractivity contribution is 8.77. The Morgan fingerprint density at radius 1 is 0.657 bits per heavy atom. The van der Waals surface area contributed by atoms with Gasteiger partial charge in [0.05, 0.1) is 17.6 Å². The van der Waals surface area contributed by atoms with Crippen LogP contribution in [0.15, 0.2) is 0 Å². The molecule has 0 saturated heterocycles. The predicted octanol–water partition coefficient (Wildman–Crippen LogP) is 6.52. The Hall–Kier alpha value is -0.440. The van der Waals surface area contributed by atoms with Crippen LogP contribution in [0, 0.1) is 0 Å². The summed E-state index contributed by atoms with van der Waals surface area (Å²) in [5, 5.41) is 5.87. The maximum Gasteiger partial charge on any atom is 0.223 e. The molecule has 0 aliphatic carbocycles. The van der Waals surface area contributed by atoms with Crippen molar-refractivity contribution < 1.29 is 19.1 Å². The molecule has 0 unspecified atom stereocenters. The number of ether oxygens (including phenoxy) is 2. The van der Waals surface area contributed by atoms with E-state index in [4.69, 9.17) is 9.47 Å². The number of nitrogens with one attached hydrogen (secondary N) is 2. The van der Waals surface area contributed by atoms with Crippen LogP contribution in [0.25, 0.3) is 0 Å². The lowest BCUT2D eigenvalue weighted by Crippen LogP contribution is -2.38. The summed E-state index contributed by atoms with van der Waals surface area (Å²) in [5.41, 5.74) is -0.802. The van der Waals surface area contributed by atoms with E-state index in [9.17, 15) is 9.59 Å². The zero-order valence-corrected chi connectivity index (χ0v) is 26.2. The topological polar surface area (TPSA) is 76.7 Å². The van der Waals surface area contributed by atoms with Crippen LogP contribution in [-0.2, 0) is 19.1 Å². The molecule has 2 N–H and O–H groups in total. The Balaban J connectivity index is 4.38. The first-order chi connectivity index (χ1) is 15.7. The van der Waals surface area contributed by atoms with Crippen molar-refractivity contribution in [2.45, 2.75) is 148 Å². The van der Waals surface area contributed by atoms with E-state index >= 15 is 0 Å². The summed E-state index contributed by atoms with van der Waals surface area (Å²) >= 11 is 0. The zero-order chi connectivity index (χ0) is 27.5. The lowest BCUT2D eigenvalue weighted by Gasteiger charge is -2.32. The Morgan fingerprint density at radius 2 is 1.06 bits per heavy atom. The minimum Gasteiger partial charge on any atom is -0.376 e. The molecule has 0 atom stereocenters. The van der Waals surface area contributed by atoms with Gasteiger partial charge in [-0.15, -0.1) is 0 Å². The lowest BCUT2D eigenvalue weighted by molar-refractivity contribution is -0.128. The summed E-state index contributed by atoms with van der Waals surface area (Å²) in [6.45, 7) is 26.2. The number of amides is 2. The monoisotopic (exact) mass is 534 g/mol. The van der Waals surface area contributed by atoms with Crippen molar-refractivity contribution in [2.24, 2.45) is 0 Å². The summed E-state index contributed by atoms with van der Waals surface area (Å²) in [5.74, 6) is 0.109. The molecule has 0 aromatic rings. The summed E-state index contributed by atoms with van der Waals surface area (Å²) in [6.07, 6.45) is 3.37. The van der Waals surface area contributed by atoms with E-state index in [1.165, 1.54) is 0 Å². The van der Waals surface area contributed by atoms with Gasteiger partial charge in [0.15, 0.2) is 0 Å². The molecule has 0 aliphatic heterocycles. The van der Waals surface area contributed by atoms with E-state index in [1.807, 2.05) is 63.1 Å². The van der Waals surface area contributed by atoms with Gasteiger partial charge in [-0.1, -0.05) is 21.6 Å². The molecule has 0 rings (SSSR count). The normalized spacial score (nSPS) is 13.4. The van der Waals surface area contributed by atoms with Gasteiger partial charge >= 0.3 is 0 Å². The van der Waals surface area contributed by atoms with Gasteiger partial charge in [-0.25, -0.2) is 0 Å². The van der Waals surface area contributed by atoms with Crippen LogP contribution in [-0.4, -0.2) is 57.8 Å². The van der Waals surface area contributed by atoms with E-state index in [1.54, 1.807) is 0 Å². The van der Waals surface area contributed by atoms with Crippen molar-refractivity contribution in [3.05, 3.63) is 0 Å². The number of carbonyl (C=O) groups excluding carboxylic acids is 2. The maximum absolute atomic E-state index is 12.1. The fourth-order valence-corrected chi connectivity index (χ4v) is 5.78. The minimum absolute atomic E-state index is 0.0279. The van der Waals surface area contributed by atoms with Gasteiger partial charge in [-0.05, 0) is 102 Å². The van der Waals surface area contributed by atoms with E-state index in [0.717, 1.165) is 12.8 Å². The minimum atomic E-state index is -0.480. The summed E-state index contributed by atoms with van der Waals surface area (Å²) in [6, 6.07) is 0.307. The first-order valence-electron chi connectivity index (χ1n) is 13.0. The van der Waals surface area contributed by atoms with Gasteiger partial charge in [-0.2, -0.15) is 0 Å². The van der Waals surface area contributed by atoms with Gasteiger partial charge in [0.25, 0.3) is 0 Å². The van der Waals surface area contributed by atoms with Crippen molar-refractivity contribution >= 4 is 33.4 Å². The zero-order valence-electron chi connectivity index (χ0n) is 24.6. The summed E-state index contributed by atoms with van der Waals surface area (Å²) in [7, 11) is 3.77. The summed E-state index contributed by atoms with van der Waals surface area (Å²) in [4.78, 5) is 24.0. The Bertz CT molecular complexity index is 647. The molecule has 208 valence electrons. The van der Waals surface area contributed by atoms with E-state index in [2.05, 4.69) is 52.2 Å². The second-order valence-corrected chi connectivity index (χ2v) is 16.1. The van der Waals surface area contributed by atoms with Crippen molar-refractivity contribution in [2.75, 3.05) is 13.2 Å². The smallest absolute Gasteiger partial charge is 0.223 e. The average Bonchev–Trinajstić information content (AvgIpc) is 2.63. The van der Waals surface area contributed by atoms with Gasteiger partial charge in [0, 0.05) is 41.2 Å². The molecule has 0 heterocycles. The van der Waals surface area contributed by atoms with Crippen molar-refractivity contribution in [3.8, 4) is 0 Å². The largest absolute Gasteiger partial charge is 0.376 e. The fraction of sp³-hybridized carbons (Fsp3) is 0.926. The number of hydrogen-bond donors (Lipinski definition) is 2. The van der Waals surface area contributed by atoms with Gasteiger partial charge in [0.1, 0.15) is 0 Å². The lowest BCUT2D eigenvalue weighted by atomic mass is 10.0. The molecular formula is C27H54N2O4S2. The van der Waals surface area contributed by atoms with Gasteiger partial charge in [0.2, 0.25) is 11.8 Å². The molecule has 35 heavy (non-hydrogen) atoms. The molecule has 8 heteroatoms. The van der Waals surface area contributed by atoms with Crippen LogP contribution in [0.1, 0.15) is 115 Å². The molecule has 0 radical (unpaired) electrons. The maximum atomic E-state index is 12.1. The van der Waals surface area contributed by atoms with Crippen LogP contribution in [0.4, 0.5) is 0 Å².